The zero-order valence-corrected chi connectivity index (χ0v) is 23.1. The third kappa shape index (κ3) is 6.81. The summed E-state index contributed by atoms with van der Waals surface area (Å²) in [6, 6.07) is 37.0. The molecule has 0 unspecified atom stereocenters. The summed E-state index contributed by atoms with van der Waals surface area (Å²) in [6.45, 7) is 4.97. The van der Waals surface area contributed by atoms with Gasteiger partial charge in [-0.15, -0.1) is 0 Å². The second-order valence-electron chi connectivity index (χ2n) is 9.83. The van der Waals surface area contributed by atoms with E-state index >= 15 is 0 Å². The first-order chi connectivity index (χ1) is 20.0. The van der Waals surface area contributed by atoms with Gasteiger partial charge in [-0.05, 0) is 83.3 Å². The van der Waals surface area contributed by atoms with E-state index in [1.807, 2.05) is 72.8 Å². The molecule has 0 spiro atoms. The molecule has 0 bridgehead atoms. The largest absolute Gasteiger partial charge is 0.489 e. The van der Waals surface area contributed by atoms with Crippen molar-refractivity contribution in [3.63, 3.8) is 0 Å². The Morgan fingerprint density at radius 1 is 0.780 bits per heavy atom. The number of fused-ring (bicyclic) bond motifs is 1. The van der Waals surface area contributed by atoms with E-state index in [0.717, 1.165) is 21.9 Å². The van der Waals surface area contributed by atoms with Crippen LogP contribution >= 0.6 is 0 Å². The monoisotopic (exact) mass is 538 g/mol. The van der Waals surface area contributed by atoms with Crippen LogP contribution in [0.5, 0.6) is 11.5 Å². The van der Waals surface area contributed by atoms with Crippen LogP contribution in [0.4, 0.5) is 5.69 Å². The number of ether oxygens (including phenoxy) is 2. The molecule has 0 saturated carbocycles. The van der Waals surface area contributed by atoms with Gasteiger partial charge in [0.25, 0.3) is 5.91 Å². The summed E-state index contributed by atoms with van der Waals surface area (Å²) in [5.41, 5.74) is 5.76. The van der Waals surface area contributed by atoms with Gasteiger partial charge in [0.15, 0.2) is 0 Å². The highest BCUT2D eigenvalue weighted by Gasteiger charge is 2.14. The number of benzene rings is 5. The van der Waals surface area contributed by atoms with Crippen molar-refractivity contribution in [1.82, 2.24) is 0 Å². The minimum absolute atomic E-state index is 0.0261. The predicted octanol–water partition coefficient (Wildman–Crippen LogP) is 8.16. The molecule has 5 aromatic carbocycles. The fourth-order valence-corrected chi connectivity index (χ4v) is 4.47. The number of anilines is 1. The maximum atomic E-state index is 13.2. The van der Waals surface area contributed by atoms with Crippen molar-refractivity contribution in [2.24, 2.45) is 0 Å². The van der Waals surface area contributed by atoms with Gasteiger partial charge in [-0.3, -0.25) is 4.79 Å². The van der Waals surface area contributed by atoms with E-state index in [0.29, 0.717) is 36.0 Å². The molecule has 0 fully saturated rings. The smallest absolute Gasteiger partial charge is 0.266 e. The topological polar surface area (TPSA) is 71.3 Å². The second kappa shape index (κ2) is 12.7. The minimum Gasteiger partial charge on any atom is -0.489 e. The van der Waals surface area contributed by atoms with Crippen molar-refractivity contribution >= 4 is 28.4 Å². The Bertz CT molecular complexity index is 1750. The molecule has 202 valence electrons. The summed E-state index contributed by atoms with van der Waals surface area (Å²) in [5, 5.41) is 14.7. The zero-order chi connectivity index (χ0) is 28.6. The molecule has 0 aliphatic carbocycles. The predicted molar refractivity (Wildman–Crippen MR) is 164 cm³/mol. The van der Waals surface area contributed by atoms with Crippen molar-refractivity contribution in [2.45, 2.75) is 27.1 Å². The molecule has 0 radical (unpaired) electrons. The molecule has 1 N–H and O–H groups in total. The highest BCUT2D eigenvalue weighted by molar-refractivity contribution is 6.11. The number of carbonyl (C=O) groups excluding carboxylic acids is 1. The van der Waals surface area contributed by atoms with Gasteiger partial charge in [0.05, 0.1) is 0 Å². The Labute approximate surface area is 240 Å². The number of nitrogens with one attached hydrogen (secondary N) is 1. The third-order valence-corrected chi connectivity index (χ3v) is 6.91. The van der Waals surface area contributed by atoms with Gasteiger partial charge in [-0.2, -0.15) is 5.26 Å². The summed E-state index contributed by atoms with van der Waals surface area (Å²) in [6.07, 6.45) is 1.60. The highest BCUT2D eigenvalue weighted by Crippen LogP contribution is 2.31. The van der Waals surface area contributed by atoms with Crippen LogP contribution in [-0.2, 0) is 18.0 Å². The molecule has 0 aliphatic heterocycles. The van der Waals surface area contributed by atoms with Crippen molar-refractivity contribution in [3.8, 4) is 17.6 Å². The number of rotatable bonds is 9. The Balaban J connectivity index is 1.35. The molecule has 0 atom stereocenters. The Morgan fingerprint density at radius 3 is 2.27 bits per heavy atom. The Hall–Kier alpha value is -5.34. The van der Waals surface area contributed by atoms with E-state index in [1.54, 1.807) is 30.3 Å². The fourth-order valence-electron chi connectivity index (χ4n) is 4.47. The second-order valence-corrected chi connectivity index (χ2v) is 9.83. The highest BCUT2D eigenvalue weighted by atomic mass is 16.5. The van der Waals surface area contributed by atoms with Gasteiger partial charge in [0, 0.05) is 11.3 Å². The van der Waals surface area contributed by atoms with Gasteiger partial charge in [0.1, 0.15) is 36.4 Å². The van der Waals surface area contributed by atoms with Crippen LogP contribution in [0.15, 0.2) is 115 Å². The summed E-state index contributed by atoms with van der Waals surface area (Å²) < 4.78 is 12.1. The molecule has 1 amide bonds. The molecule has 0 aliphatic rings. The molecule has 5 heteroatoms. The van der Waals surface area contributed by atoms with Crippen molar-refractivity contribution in [1.29, 1.82) is 5.26 Å². The van der Waals surface area contributed by atoms with E-state index in [-0.39, 0.29) is 5.57 Å². The number of hydrogen-bond donors (Lipinski definition) is 1. The molecule has 5 rings (SSSR count). The standard InChI is InChI=1S/C36H30N2O3/c1-25-12-13-28(20-26(25)2)24-41-35-19-14-29-10-6-7-11-33(29)34(35)21-30(22-37)36(39)38-31-15-17-32(18-16-31)40-23-27-8-4-3-5-9-27/h3-21H,23-24H2,1-2H3,(H,38,39)/b30-21+. The number of nitrogens with zero attached hydrogens (tertiary/aromatic N) is 1. The number of aryl methyl sites for hydroxylation is 2. The quantitative estimate of drug-likeness (QED) is 0.152. The van der Waals surface area contributed by atoms with Crippen molar-refractivity contribution < 1.29 is 14.3 Å². The van der Waals surface area contributed by atoms with Crippen LogP contribution < -0.4 is 14.8 Å². The lowest BCUT2D eigenvalue weighted by atomic mass is 10.0. The van der Waals surface area contributed by atoms with Gasteiger partial charge < -0.3 is 14.8 Å². The number of amides is 1. The van der Waals surface area contributed by atoms with Crippen LogP contribution in [0.25, 0.3) is 16.8 Å². The lowest BCUT2D eigenvalue weighted by Crippen LogP contribution is -2.13. The van der Waals surface area contributed by atoms with Crippen LogP contribution in [0.1, 0.15) is 27.8 Å². The SMILES string of the molecule is Cc1ccc(COc2ccc3ccccc3c2/C=C(\C#N)C(=O)Nc2ccc(OCc3ccccc3)cc2)cc1C. The molecular weight excluding hydrogens is 508 g/mol. The maximum absolute atomic E-state index is 13.2. The molecule has 0 heterocycles. The number of hydrogen-bond acceptors (Lipinski definition) is 4. The number of nitriles is 1. The van der Waals surface area contributed by atoms with E-state index in [2.05, 4.69) is 37.4 Å². The van der Waals surface area contributed by atoms with Crippen LogP contribution in [0.2, 0.25) is 0 Å². The third-order valence-electron chi connectivity index (χ3n) is 6.91. The lowest BCUT2D eigenvalue weighted by molar-refractivity contribution is -0.112. The van der Waals surface area contributed by atoms with E-state index in [9.17, 15) is 10.1 Å². The van der Waals surface area contributed by atoms with Gasteiger partial charge >= 0.3 is 0 Å². The zero-order valence-electron chi connectivity index (χ0n) is 23.1. The van der Waals surface area contributed by atoms with E-state index in [1.165, 1.54) is 11.1 Å². The summed E-state index contributed by atoms with van der Waals surface area (Å²) >= 11 is 0. The minimum atomic E-state index is -0.501. The fraction of sp³-hybridized carbons (Fsp3) is 0.111. The Morgan fingerprint density at radius 2 is 1.51 bits per heavy atom. The molecule has 0 saturated heterocycles. The first-order valence-corrected chi connectivity index (χ1v) is 13.4. The average molecular weight is 539 g/mol. The van der Waals surface area contributed by atoms with Gasteiger partial charge in [0.2, 0.25) is 0 Å². The normalized spacial score (nSPS) is 11.1. The van der Waals surface area contributed by atoms with Gasteiger partial charge in [-0.1, -0.05) is 78.9 Å². The van der Waals surface area contributed by atoms with Crippen LogP contribution in [0.3, 0.4) is 0 Å². The lowest BCUT2D eigenvalue weighted by Gasteiger charge is -2.14. The molecular formula is C36H30N2O3. The molecule has 5 nitrogen and oxygen atoms in total. The summed E-state index contributed by atoms with van der Waals surface area (Å²) in [5.74, 6) is 0.783. The molecule has 41 heavy (non-hydrogen) atoms. The number of carbonyl (C=O) groups is 1. The molecule has 0 aromatic heterocycles. The van der Waals surface area contributed by atoms with Crippen molar-refractivity contribution in [3.05, 3.63) is 143 Å². The van der Waals surface area contributed by atoms with E-state index < -0.39 is 5.91 Å². The first kappa shape index (κ1) is 27.2. The average Bonchev–Trinajstić information content (AvgIpc) is 3.00. The van der Waals surface area contributed by atoms with E-state index in [4.69, 9.17) is 9.47 Å². The van der Waals surface area contributed by atoms with Crippen molar-refractivity contribution in [2.75, 3.05) is 5.32 Å². The summed E-state index contributed by atoms with van der Waals surface area (Å²) in [4.78, 5) is 13.2. The van der Waals surface area contributed by atoms with Crippen LogP contribution in [-0.4, -0.2) is 5.91 Å². The van der Waals surface area contributed by atoms with Gasteiger partial charge in [-0.25, -0.2) is 0 Å². The molecule has 5 aromatic rings. The first-order valence-electron chi connectivity index (χ1n) is 13.4. The maximum Gasteiger partial charge on any atom is 0.266 e. The summed E-state index contributed by atoms with van der Waals surface area (Å²) in [7, 11) is 0. The Kier molecular flexibility index (Phi) is 8.42. The van der Waals surface area contributed by atoms with Crippen LogP contribution in [0, 0.1) is 25.2 Å².